The molecule has 2 heterocycles. The molecular weight excluding hydrogens is 314 g/mol. The Morgan fingerprint density at radius 3 is 2.92 bits per heavy atom. The van der Waals surface area contributed by atoms with Crippen LogP contribution in [0, 0.1) is 6.92 Å². The van der Waals surface area contributed by atoms with E-state index in [4.69, 9.17) is 9.47 Å². The molecule has 0 bridgehead atoms. The van der Waals surface area contributed by atoms with E-state index in [1.807, 2.05) is 12.3 Å². The molecule has 1 aliphatic heterocycles. The van der Waals surface area contributed by atoms with Crippen molar-refractivity contribution in [3.05, 3.63) is 53.1 Å². The summed E-state index contributed by atoms with van der Waals surface area (Å²) in [6.07, 6.45) is 4.20. The average molecular weight is 341 g/mol. The minimum absolute atomic E-state index is 0.447. The number of piperidine rings is 1. The molecule has 0 radical (unpaired) electrons. The van der Waals surface area contributed by atoms with E-state index in [0.29, 0.717) is 12.5 Å². The Balaban J connectivity index is 1.71. The number of benzene rings is 1. The maximum absolute atomic E-state index is 5.53. The largest absolute Gasteiger partial charge is 0.496 e. The number of aromatic nitrogens is 2. The van der Waals surface area contributed by atoms with Gasteiger partial charge in [-0.1, -0.05) is 17.7 Å². The molecule has 2 aromatic rings. The fourth-order valence-electron chi connectivity index (χ4n) is 3.55. The summed E-state index contributed by atoms with van der Waals surface area (Å²) < 4.78 is 10.7. The van der Waals surface area contributed by atoms with Crippen LogP contribution in [0.3, 0.4) is 0 Å². The lowest BCUT2D eigenvalue weighted by molar-refractivity contribution is 0.175. The van der Waals surface area contributed by atoms with E-state index in [1.165, 1.54) is 24.0 Å². The van der Waals surface area contributed by atoms with Gasteiger partial charge in [-0.2, -0.15) is 0 Å². The van der Waals surface area contributed by atoms with E-state index in [1.54, 1.807) is 14.2 Å². The predicted octanol–water partition coefficient (Wildman–Crippen LogP) is 3.32. The van der Waals surface area contributed by atoms with Crippen LogP contribution < -0.4 is 4.74 Å². The van der Waals surface area contributed by atoms with E-state index < -0.39 is 0 Å². The van der Waals surface area contributed by atoms with Gasteiger partial charge in [-0.05, 0) is 38.4 Å². The van der Waals surface area contributed by atoms with Crippen molar-refractivity contribution in [1.82, 2.24) is 14.9 Å². The topological polar surface area (TPSA) is 47.5 Å². The molecule has 0 aliphatic carbocycles. The Bertz CT molecular complexity index is 705. The number of aryl methyl sites for hydroxylation is 1. The molecule has 0 N–H and O–H groups in total. The molecule has 5 heteroatoms. The first kappa shape index (κ1) is 17.8. The van der Waals surface area contributed by atoms with Gasteiger partial charge in [0, 0.05) is 43.6 Å². The van der Waals surface area contributed by atoms with Crippen LogP contribution in [0.4, 0.5) is 0 Å². The monoisotopic (exact) mass is 341 g/mol. The first-order valence-electron chi connectivity index (χ1n) is 8.86. The highest BCUT2D eigenvalue weighted by Crippen LogP contribution is 2.28. The highest BCUT2D eigenvalue weighted by molar-refractivity contribution is 5.36. The first-order valence-corrected chi connectivity index (χ1v) is 8.86. The molecule has 1 atom stereocenters. The highest BCUT2D eigenvalue weighted by atomic mass is 16.5. The maximum atomic E-state index is 5.53. The molecule has 5 nitrogen and oxygen atoms in total. The number of nitrogens with zero attached hydrogens (tertiary/aromatic N) is 3. The van der Waals surface area contributed by atoms with Crippen LogP contribution in [0.5, 0.6) is 5.75 Å². The summed E-state index contributed by atoms with van der Waals surface area (Å²) in [5.41, 5.74) is 3.65. The maximum Gasteiger partial charge on any atom is 0.154 e. The quantitative estimate of drug-likeness (QED) is 0.807. The van der Waals surface area contributed by atoms with Crippen molar-refractivity contribution in [1.29, 1.82) is 0 Å². The van der Waals surface area contributed by atoms with Gasteiger partial charge in [0.25, 0.3) is 0 Å². The molecule has 1 aromatic heterocycles. The lowest BCUT2D eigenvalue weighted by atomic mass is 9.94. The SMILES string of the molecule is COCc1nccc(C2CCCN(Cc3cc(C)ccc3OC)C2)n1. The van der Waals surface area contributed by atoms with Crippen molar-refractivity contribution >= 4 is 0 Å². The van der Waals surface area contributed by atoms with Gasteiger partial charge in [0.05, 0.1) is 7.11 Å². The summed E-state index contributed by atoms with van der Waals surface area (Å²) in [5.74, 6) is 2.18. The third-order valence-corrected chi connectivity index (χ3v) is 4.75. The van der Waals surface area contributed by atoms with Crippen molar-refractivity contribution in [3.8, 4) is 5.75 Å². The Kier molecular flexibility index (Phi) is 6.00. The van der Waals surface area contributed by atoms with Crippen LogP contribution in [0.1, 0.15) is 41.4 Å². The van der Waals surface area contributed by atoms with Crippen molar-refractivity contribution in [2.24, 2.45) is 0 Å². The summed E-state index contributed by atoms with van der Waals surface area (Å²) in [6, 6.07) is 8.43. The molecule has 0 spiro atoms. The molecular formula is C20H27N3O2. The van der Waals surface area contributed by atoms with E-state index in [9.17, 15) is 0 Å². The average Bonchev–Trinajstić information content (AvgIpc) is 2.63. The minimum atomic E-state index is 0.447. The lowest BCUT2D eigenvalue weighted by Crippen LogP contribution is -2.34. The van der Waals surface area contributed by atoms with Crippen LogP contribution in [-0.2, 0) is 17.9 Å². The molecule has 1 aliphatic rings. The van der Waals surface area contributed by atoms with Crippen molar-refractivity contribution in [2.75, 3.05) is 27.3 Å². The zero-order valence-electron chi connectivity index (χ0n) is 15.4. The van der Waals surface area contributed by atoms with Crippen LogP contribution in [0.2, 0.25) is 0 Å². The molecule has 1 aromatic carbocycles. The summed E-state index contributed by atoms with van der Waals surface area (Å²) >= 11 is 0. The summed E-state index contributed by atoms with van der Waals surface area (Å²) in [7, 11) is 3.42. The van der Waals surface area contributed by atoms with Crippen molar-refractivity contribution in [2.45, 2.75) is 38.8 Å². The second kappa shape index (κ2) is 8.41. The van der Waals surface area contributed by atoms with Crippen LogP contribution >= 0.6 is 0 Å². The summed E-state index contributed by atoms with van der Waals surface area (Å²) in [5, 5.41) is 0. The second-order valence-electron chi connectivity index (χ2n) is 6.72. The number of methoxy groups -OCH3 is 2. The van der Waals surface area contributed by atoms with Gasteiger partial charge >= 0.3 is 0 Å². The van der Waals surface area contributed by atoms with Gasteiger partial charge in [-0.25, -0.2) is 9.97 Å². The van der Waals surface area contributed by atoms with E-state index in [0.717, 1.165) is 36.9 Å². The number of hydrogen-bond acceptors (Lipinski definition) is 5. The van der Waals surface area contributed by atoms with Gasteiger partial charge in [-0.3, -0.25) is 4.90 Å². The van der Waals surface area contributed by atoms with E-state index in [-0.39, 0.29) is 0 Å². The van der Waals surface area contributed by atoms with Crippen LogP contribution in [-0.4, -0.2) is 42.2 Å². The van der Waals surface area contributed by atoms with E-state index >= 15 is 0 Å². The Morgan fingerprint density at radius 1 is 1.24 bits per heavy atom. The van der Waals surface area contributed by atoms with Crippen molar-refractivity contribution < 1.29 is 9.47 Å². The van der Waals surface area contributed by atoms with Crippen molar-refractivity contribution in [3.63, 3.8) is 0 Å². The highest BCUT2D eigenvalue weighted by Gasteiger charge is 2.23. The lowest BCUT2D eigenvalue weighted by Gasteiger charge is -2.33. The molecule has 3 rings (SSSR count). The van der Waals surface area contributed by atoms with Crippen LogP contribution in [0.15, 0.2) is 30.5 Å². The predicted molar refractivity (Wildman–Crippen MR) is 97.7 cm³/mol. The minimum Gasteiger partial charge on any atom is -0.496 e. The normalized spacial score (nSPS) is 18.3. The zero-order valence-corrected chi connectivity index (χ0v) is 15.4. The second-order valence-corrected chi connectivity index (χ2v) is 6.72. The summed E-state index contributed by atoms with van der Waals surface area (Å²) in [6.45, 7) is 5.63. The Labute approximate surface area is 150 Å². The van der Waals surface area contributed by atoms with Gasteiger partial charge in [0.15, 0.2) is 5.82 Å². The number of rotatable bonds is 6. The Hall–Kier alpha value is -1.98. The third kappa shape index (κ3) is 4.55. The molecule has 134 valence electrons. The number of ether oxygens (including phenoxy) is 2. The molecule has 1 saturated heterocycles. The molecule has 25 heavy (non-hydrogen) atoms. The van der Waals surface area contributed by atoms with Gasteiger partial charge in [-0.15, -0.1) is 0 Å². The number of likely N-dealkylation sites (tertiary alicyclic amines) is 1. The molecule has 0 amide bonds. The molecule has 1 unspecified atom stereocenters. The van der Waals surface area contributed by atoms with Gasteiger partial charge in [0.1, 0.15) is 12.4 Å². The third-order valence-electron chi connectivity index (χ3n) is 4.75. The van der Waals surface area contributed by atoms with Gasteiger partial charge < -0.3 is 9.47 Å². The smallest absolute Gasteiger partial charge is 0.154 e. The zero-order chi connectivity index (χ0) is 17.6. The number of hydrogen-bond donors (Lipinski definition) is 0. The Morgan fingerprint density at radius 2 is 2.12 bits per heavy atom. The fourth-order valence-corrected chi connectivity index (χ4v) is 3.55. The van der Waals surface area contributed by atoms with Crippen LogP contribution in [0.25, 0.3) is 0 Å². The fraction of sp³-hybridized carbons (Fsp3) is 0.500. The van der Waals surface area contributed by atoms with E-state index in [2.05, 4.69) is 40.0 Å². The first-order chi connectivity index (χ1) is 12.2. The summed E-state index contributed by atoms with van der Waals surface area (Å²) in [4.78, 5) is 11.5. The standard InChI is InChI=1S/C20H27N3O2/c1-15-6-7-19(25-3)17(11-15)13-23-10-4-5-16(12-23)18-8-9-21-20(22-18)14-24-2/h6-9,11,16H,4-5,10,12-14H2,1-3H3. The molecule has 1 fully saturated rings. The molecule has 0 saturated carbocycles. The van der Waals surface area contributed by atoms with Gasteiger partial charge in [0.2, 0.25) is 0 Å².